The summed E-state index contributed by atoms with van der Waals surface area (Å²) in [4.78, 5) is 4.43. The van der Waals surface area contributed by atoms with Crippen LogP contribution in [0.4, 0.5) is 0 Å². The van der Waals surface area contributed by atoms with Crippen molar-refractivity contribution in [3.8, 4) is 11.3 Å². The third-order valence-corrected chi connectivity index (χ3v) is 2.51. The van der Waals surface area contributed by atoms with Crippen molar-refractivity contribution >= 4 is 0 Å². The number of aliphatic hydroxyl groups excluding tert-OH is 1. The lowest BCUT2D eigenvalue weighted by atomic mass is 10.1. The molecule has 0 bridgehead atoms. The Bertz CT molecular complexity index is 482. The molecule has 0 saturated heterocycles. The van der Waals surface area contributed by atoms with Crippen LogP contribution in [0.25, 0.3) is 11.3 Å². The third-order valence-electron chi connectivity index (χ3n) is 2.51. The topological polar surface area (TPSA) is 58.9 Å². The van der Waals surface area contributed by atoms with Crippen LogP contribution in [0.3, 0.4) is 0 Å². The van der Waals surface area contributed by atoms with Crippen LogP contribution in [0, 0.1) is 6.92 Å². The maximum Gasteiger partial charge on any atom is 0.151 e. The van der Waals surface area contributed by atoms with Crippen molar-refractivity contribution in [1.82, 2.24) is 15.2 Å². The number of nitrogens with zero attached hydrogens (tertiary/aromatic N) is 3. The molecule has 1 aromatic heterocycles. The van der Waals surface area contributed by atoms with E-state index in [9.17, 15) is 0 Å². The molecule has 4 heteroatoms. The molecule has 0 aliphatic heterocycles. The van der Waals surface area contributed by atoms with Crippen LogP contribution in [0.5, 0.6) is 0 Å². The van der Waals surface area contributed by atoms with E-state index >= 15 is 0 Å². The Kier molecular flexibility index (Phi) is 3.77. The van der Waals surface area contributed by atoms with Gasteiger partial charge in [-0.1, -0.05) is 29.8 Å². The normalized spacial score (nSPS) is 10.5. The predicted octanol–water partition coefficient (Wildman–Crippen LogP) is 1.77. The molecule has 88 valence electrons. The number of benzene rings is 1. The van der Waals surface area contributed by atoms with Gasteiger partial charge in [0.2, 0.25) is 0 Å². The fourth-order valence-corrected chi connectivity index (χ4v) is 1.55. The lowest BCUT2D eigenvalue weighted by Gasteiger charge is -2.02. The Balaban J connectivity index is 2.23. The van der Waals surface area contributed by atoms with E-state index < -0.39 is 0 Å². The fraction of sp³-hybridized carbons (Fsp3) is 0.308. The second-order valence-corrected chi connectivity index (χ2v) is 3.95. The van der Waals surface area contributed by atoms with Crippen molar-refractivity contribution in [3.05, 3.63) is 41.9 Å². The summed E-state index contributed by atoms with van der Waals surface area (Å²) in [5.41, 5.74) is 3.08. The largest absolute Gasteiger partial charge is 0.396 e. The highest BCUT2D eigenvalue weighted by molar-refractivity contribution is 5.58. The third kappa shape index (κ3) is 3.07. The zero-order chi connectivity index (χ0) is 12.1. The summed E-state index contributed by atoms with van der Waals surface area (Å²) in [5.74, 6) is 0.678. The van der Waals surface area contributed by atoms with Crippen molar-refractivity contribution < 1.29 is 5.11 Å². The smallest absolute Gasteiger partial charge is 0.151 e. The van der Waals surface area contributed by atoms with Gasteiger partial charge in [0.1, 0.15) is 0 Å². The second-order valence-electron chi connectivity index (χ2n) is 3.95. The van der Waals surface area contributed by atoms with Crippen molar-refractivity contribution in [1.29, 1.82) is 0 Å². The van der Waals surface area contributed by atoms with Crippen LogP contribution in [0.15, 0.2) is 30.5 Å². The number of aliphatic hydroxyl groups is 1. The van der Waals surface area contributed by atoms with Gasteiger partial charge in [-0.15, -0.1) is 5.10 Å². The number of rotatable bonds is 4. The van der Waals surface area contributed by atoms with Gasteiger partial charge < -0.3 is 5.11 Å². The summed E-state index contributed by atoms with van der Waals surface area (Å²) in [6.07, 6.45) is 2.98. The molecule has 0 aliphatic rings. The number of hydrogen-bond acceptors (Lipinski definition) is 4. The Hall–Kier alpha value is -1.81. The molecule has 4 nitrogen and oxygen atoms in total. The first-order valence-electron chi connectivity index (χ1n) is 5.66. The molecule has 0 atom stereocenters. The quantitative estimate of drug-likeness (QED) is 0.868. The fourth-order valence-electron chi connectivity index (χ4n) is 1.55. The first kappa shape index (κ1) is 11.7. The average Bonchev–Trinajstić information content (AvgIpc) is 2.37. The number of aromatic nitrogens is 3. The Morgan fingerprint density at radius 2 is 1.94 bits per heavy atom. The first-order chi connectivity index (χ1) is 8.29. The summed E-state index contributed by atoms with van der Waals surface area (Å²) in [6, 6.07) is 8.14. The van der Waals surface area contributed by atoms with Crippen molar-refractivity contribution in [3.63, 3.8) is 0 Å². The van der Waals surface area contributed by atoms with Gasteiger partial charge in [-0.3, -0.25) is 0 Å². The highest BCUT2D eigenvalue weighted by Crippen LogP contribution is 2.16. The molecule has 17 heavy (non-hydrogen) atoms. The highest BCUT2D eigenvalue weighted by atomic mass is 16.2. The van der Waals surface area contributed by atoms with E-state index in [-0.39, 0.29) is 6.61 Å². The van der Waals surface area contributed by atoms with E-state index in [4.69, 9.17) is 5.11 Å². The molecule has 0 aliphatic carbocycles. The van der Waals surface area contributed by atoms with Crippen molar-refractivity contribution in [2.45, 2.75) is 19.8 Å². The SMILES string of the molecule is Cc1ccc(-c2cnnc(CCCO)n2)cc1. The molecule has 0 spiro atoms. The summed E-state index contributed by atoms with van der Waals surface area (Å²) in [5, 5.41) is 16.7. The predicted molar refractivity (Wildman–Crippen MR) is 65.4 cm³/mol. The van der Waals surface area contributed by atoms with Gasteiger partial charge in [0.25, 0.3) is 0 Å². The summed E-state index contributed by atoms with van der Waals surface area (Å²) in [6.45, 7) is 2.20. The molecule has 1 heterocycles. The zero-order valence-electron chi connectivity index (χ0n) is 9.80. The summed E-state index contributed by atoms with van der Waals surface area (Å²) >= 11 is 0. The highest BCUT2D eigenvalue weighted by Gasteiger charge is 2.03. The number of hydrogen-bond donors (Lipinski definition) is 1. The minimum atomic E-state index is 0.151. The Morgan fingerprint density at radius 3 is 2.65 bits per heavy atom. The lowest BCUT2D eigenvalue weighted by Crippen LogP contribution is -2.00. The molecule has 0 unspecified atom stereocenters. The molecular formula is C13H15N3O. The van der Waals surface area contributed by atoms with E-state index in [1.807, 2.05) is 24.3 Å². The maximum atomic E-state index is 8.77. The van der Waals surface area contributed by atoms with E-state index in [1.54, 1.807) is 6.20 Å². The molecule has 1 aromatic carbocycles. The van der Waals surface area contributed by atoms with Crippen LogP contribution < -0.4 is 0 Å². The Labute approximate surface area is 100 Å². The maximum absolute atomic E-state index is 8.77. The first-order valence-corrected chi connectivity index (χ1v) is 5.66. The van der Waals surface area contributed by atoms with E-state index in [0.717, 1.165) is 11.3 Å². The van der Waals surface area contributed by atoms with Crippen LogP contribution in [0.2, 0.25) is 0 Å². The van der Waals surface area contributed by atoms with Crippen molar-refractivity contribution in [2.75, 3.05) is 6.61 Å². The zero-order valence-corrected chi connectivity index (χ0v) is 9.80. The average molecular weight is 229 g/mol. The van der Waals surface area contributed by atoms with Crippen molar-refractivity contribution in [2.24, 2.45) is 0 Å². The van der Waals surface area contributed by atoms with Crippen LogP contribution >= 0.6 is 0 Å². The second kappa shape index (κ2) is 5.50. The van der Waals surface area contributed by atoms with Gasteiger partial charge in [0.05, 0.1) is 11.9 Å². The minimum absolute atomic E-state index is 0.151. The summed E-state index contributed by atoms with van der Waals surface area (Å²) < 4.78 is 0. The van der Waals surface area contributed by atoms with Gasteiger partial charge in [0, 0.05) is 18.6 Å². The van der Waals surface area contributed by atoms with Crippen LogP contribution in [0.1, 0.15) is 17.8 Å². The monoisotopic (exact) mass is 229 g/mol. The van der Waals surface area contributed by atoms with E-state index in [2.05, 4.69) is 22.1 Å². The molecule has 0 saturated carbocycles. The molecule has 0 radical (unpaired) electrons. The molecular weight excluding hydrogens is 214 g/mol. The van der Waals surface area contributed by atoms with Gasteiger partial charge in [-0.05, 0) is 13.3 Å². The lowest BCUT2D eigenvalue weighted by molar-refractivity contribution is 0.287. The standard InChI is InChI=1S/C13H15N3O/c1-10-4-6-11(7-5-10)12-9-14-16-13(15-12)3-2-8-17/h4-7,9,17H,2-3,8H2,1H3. The number of aryl methyl sites for hydroxylation is 2. The van der Waals surface area contributed by atoms with Crippen LogP contribution in [-0.2, 0) is 6.42 Å². The molecule has 1 N–H and O–H groups in total. The van der Waals surface area contributed by atoms with Crippen LogP contribution in [-0.4, -0.2) is 26.9 Å². The van der Waals surface area contributed by atoms with Gasteiger partial charge in [0.15, 0.2) is 5.82 Å². The van der Waals surface area contributed by atoms with Gasteiger partial charge >= 0.3 is 0 Å². The molecule has 2 rings (SSSR count). The van der Waals surface area contributed by atoms with Gasteiger partial charge in [-0.2, -0.15) is 5.10 Å². The minimum Gasteiger partial charge on any atom is -0.396 e. The summed E-state index contributed by atoms with van der Waals surface area (Å²) in [7, 11) is 0. The van der Waals surface area contributed by atoms with E-state index in [0.29, 0.717) is 18.7 Å². The van der Waals surface area contributed by atoms with E-state index in [1.165, 1.54) is 5.56 Å². The molecule has 2 aromatic rings. The Morgan fingerprint density at radius 1 is 1.18 bits per heavy atom. The molecule has 0 amide bonds. The molecule has 0 fully saturated rings. The van der Waals surface area contributed by atoms with Gasteiger partial charge in [-0.25, -0.2) is 4.98 Å².